The van der Waals surface area contributed by atoms with Gasteiger partial charge in [-0.25, -0.2) is 0 Å². The Balaban J connectivity index is 1.81. The van der Waals surface area contributed by atoms with Crippen LogP contribution in [-0.2, 0) is 12.0 Å². The highest BCUT2D eigenvalue weighted by Gasteiger charge is 2.32. The first-order valence-corrected chi connectivity index (χ1v) is 8.91. The topological polar surface area (TPSA) is 3.24 Å². The molecule has 1 unspecified atom stereocenters. The van der Waals surface area contributed by atoms with Gasteiger partial charge in [0.15, 0.2) is 0 Å². The minimum Gasteiger partial charge on any atom is -0.373 e. The van der Waals surface area contributed by atoms with Gasteiger partial charge in [0.2, 0.25) is 0 Å². The van der Waals surface area contributed by atoms with Crippen LogP contribution in [0.4, 0.5) is 0 Å². The molecule has 0 aromatic heterocycles. The lowest BCUT2D eigenvalue weighted by Crippen LogP contribution is -2.35. The molecule has 3 rings (SSSR count). The van der Waals surface area contributed by atoms with Crippen molar-refractivity contribution in [1.82, 2.24) is 4.90 Å². The highest BCUT2D eigenvalue weighted by atomic mass is 15.1. The van der Waals surface area contributed by atoms with E-state index in [1.54, 1.807) is 0 Å². The minimum absolute atomic E-state index is 0.0988. The van der Waals surface area contributed by atoms with Crippen LogP contribution in [-0.4, -0.2) is 11.4 Å². The molecule has 0 aliphatic carbocycles. The largest absolute Gasteiger partial charge is 0.373 e. The predicted octanol–water partition coefficient (Wildman–Crippen LogP) is 5.70. The van der Waals surface area contributed by atoms with Crippen molar-refractivity contribution in [3.05, 3.63) is 96.2 Å². The van der Waals surface area contributed by atoms with Crippen LogP contribution in [0.2, 0.25) is 0 Å². The molecule has 0 saturated heterocycles. The number of hydrogen-bond donors (Lipinski definition) is 0. The summed E-state index contributed by atoms with van der Waals surface area (Å²) in [5, 5.41) is 0. The molecule has 0 bridgehead atoms. The van der Waals surface area contributed by atoms with Crippen molar-refractivity contribution in [2.45, 2.75) is 38.1 Å². The fourth-order valence-corrected chi connectivity index (χ4v) is 3.53. The fourth-order valence-electron chi connectivity index (χ4n) is 3.53. The lowest BCUT2D eigenvalue weighted by Gasteiger charge is -2.39. The van der Waals surface area contributed by atoms with Gasteiger partial charge in [-0.3, -0.25) is 0 Å². The summed E-state index contributed by atoms with van der Waals surface area (Å²) < 4.78 is 0. The van der Waals surface area contributed by atoms with Gasteiger partial charge in [-0.1, -0.05) is 85.8 Å². The fraction of sp³-hybridized carbons (Fsp3) is 0.304. The Labute approximate surface area is 146 Å². The summed E-state index contributed by atoms with van der Waals surface area (Å²) in [5.74, 6) is 0. The maximum atomic E-state index is 4.28. The molecule has 0 radical (unpaired) electrons. The maximum absolute atomic E-state index is 4.28. The summed E-state index contributed by atoms with van der Waals surface area (Å²) in [6.45, 7) is 8.54. The molecule has 1 aliphatic rings. The van der Waals surface area contributed by atoms with Gasteiger partial charge in [0.1, 0.15) is 0 Å². The monoisotopic (exact) mass is 317 g/mol. The molecule has 0 amide bonds. The molecular weight excluding hydrogens is 290 g/mol. The van der Waals surface area contributed by atoms with Crippen LogP contribution in [0.25, 0.3) is 0 Å². The number of nitrogens with zero attached hydrogens (tertiary/aromatic N) is 1. The van der Waals surface area contributed by atoms with Gasteiger partial charge in [0.25, 0.3) is 0 Å². The Kier molecular flexibility index (Phi) is 5.20. The molecule has 124 valence electrons. The van der Waals surface area contributed by atoms with Crippen LogP contribution in [0.15, 0.2) is 85.1 Å². The first-order chi connectivity index (χ1) is 11.7. The highest BCUT2D eigenvalue weighted by Crippen LogP contribution is 2.39. The van der Waals surface area contributed by atoms with Crippen molar-refractivity contribution < 1.29 is 0 Å². The van der Waals surface area contributed by atoms with Crippen LogP contribution < -0.4 is 0 Å². The molecule has 0 spiro atoms. The standard InChI is InChI=1S/C23H27N/c1-3-20(2)18-23(22-12-8-5-9-13-22)14-16-24(17-15-23)19-21-10-6-4-7-11-21/h4-14,16H,2-3,15,17-19H2,1H3. The summed E-state index contributed by atoms with van der Waals surface area (Å²) in [6.07, 6.45) is 7.95. The zero-order chi connectivity index (χ0) is 16.8. The zero-order valence-electron chi connectivity index (χ0n) is 14.6. The van der Waals surface area contributed by atoms with Crippen molar-refractivity contribution in [3.63, 3.8) is 0 Å². The first kappa shape index (κ1) is 16.6. The summed E-state index contributed by atoms with van der Waals surface area (Å²) in [5.41, 5.74) is 4.21. The predicted molar refractivity (Wildman–Crippen MR) is 103 cm³/mol. The van der Waals surface area contributed by atoms with Crippen LogP contribution in [0.3, 0.4) is 0 Å². The number of allylic oxidation sites excluding steroid dienone is 2. The molecule has 2 aromatic rings. The van der Waals surface area contributed by atoms with Gasteiger partial charge < -0.3 is 4.90 Å². The van der Waals surface area contributed by atoms with Crippen LogP contribution in [0, 0.1) is 0 Å². The number of hydrogen-bond acceptors (Lipinski definition) is 1. The Morgan fingerprint density at radius 2 is 1.71 bits per heavy atom. The summed E-state index contributed by atoms with van der Waals surface area (Å²) in [7, 11) is 0. The van der Waals surface area contributed by atoms with Gasteiger partial charge in [-0.05, 0) is 36.6 Å². The van der Waals surface area contributed by atoms with Crippen LogP contribution in [0.5, 0.6) is 0 Å². The van der Waals surface area contributed by atoms with Gasteiger partial charge in [0.05, 0.1) is 0 Å². The Morgan fingerprint density at radius 3 is 2.29 bits per heavy atom. The van der Waals surface area contributed by atoms with Crippen molar-refractivity contribution in [2.75, 3.05) is 6.54 Å². The van der Waals surface area contributed by atoms with E-state index >= 15 is 0 Å². The van der Waals surface area contributed by atoms with E-state index < -0.39 is 0 Å². The van der Waals surface area contributed by atoms with E-state index in [-0.39, 0.29) is 5.41 Å². The van der Waals surface area contributed by atoms with E-state index in [0.717, 1.165) is 32.4 Å². The average Bonchev–Trinajstić information content (AvgIpc) is 2.65. The van der Waals surface area contributed by atoms with E-state index in [0.29, 0.717) is 0 Å². The minimum atomic E-state index is 0.0988. The molecule has 1 heteroatoms. The second-order valence-electron chi connectivity index (χ2n) is 6.82. The molecule has 1 nitrogen and oxygen atoms in total. The van der Waals surface area contributed by atoms with E-state index in [4.69, 9.17) is 0 Å². The number of rotatable bonds is 6. The van der Waals surface area contributed by atoms with Crippen molar-refractivity contribution >= 4 is 0 Å². The third-order valence-corrected chi connectivity index (χ3v) is 5.09. The van der Waals surface area contributed by atoms with Gasteiger partial charge in [0, 0.05) is 18.5 Å². The van der Waals surface area contributed by atoms with Gasteiger partial charge in [-0.15, -0.1) is 0 Å². The SMILES string of the molecule is C=C(CC)CC1(c2ccccc2)C=CN(Cc2ccccc2)CC1. The molecule has 1 heterocycles. The van der Waals surface area contributed by atoms with E-state index in [1.807, 2.05) is 0 Å². The summed E-state index contributed by atoms with van der Waals surface area (Å²) >= 11 is 0. The lowest BCUT2D eigenvalue weighted by atomic mass is 9.71. The number of benzene rings is 2. The third-order valence-electron chi connectivity index (χ3n) is 5.09. The van der Waals surface area contributed by atoms with Crippen LogP contribution in [0.1, 0.15) is 37.3 Å². The highest BCUT2D eigenvalue weighted by molar-refractivity contribution is 5.34. The maximum Gasteiger partial charge on any atom is 0.0423 e. The van der Waals surface area contributed by atoms with Crippen LogP contribution >= 0.6 is 0 Å². The van der Waals surface area contributed by atoms with Gasteiger partial charge in [-0.2, -0.15) is 0 Å². The second-order valence-corrected chi connectivity index (χ2v) is 6.82. The molecular formula is C23H27N. The quantitative estimate of drug-likeness (QED) is 0.618. The Bertz CT molecular complexity index is 686. The van der Waals surface area contributed by atoms with E-state index in [1.165, 1.54) is 16.7 Å². The molecule has 2 aromatic carbocycles. The lowest BCUT2D eigenvalue weighted by molar-refractivity contribution is 0.292. The van der Waals surface area contributed by atoms with Gasteiger partial charge >= 0.3 is 0 Å². The normalized spacial score (nSPS) is 20.1. The molecule has 0 N–H and O–H groups in total. The molecule has 0 saturated carbocycles. The second kappa shape index (κ2) is 7.53. The molecule has 24 heavy (non-hydrogen) atoms. The average molecular weight is 317 g/mol. The Morgan fingerprint density at radius 1 is 1.04 bits per heavy atom. The Hall–Kier alpha value is -2.28. The molecule has 1 atom stereocenters. The molecule has 1 aliphatic heterocycles. The smallest absolute Gasteiger partial charge is 0.0423 e. The van der Waals surface area contributed by atoms with E-state index in [2.05, 4.69) is 91.3 Å². The van der Waals surface area contributed by atoms with E-state index in [9.17, 15) is 0 Å². The summed E-state index contributed by atoms with van der Waals surface area (Å²) in [6, 6.07) is 21.6. The first-order valence-electron chi connectivity index (χ1n) is 8.91. The summed E-state index contributed by atoms with van der Waals surface area (Å²) in [4.78, 5) is 2.42. The zero-order valence-corrected chi connectivity index (χ0v) is 14.6. The molecule has 0 fully saturated rings. The van der Waals surface area contributed by atoms with Crippen molar-refractivity contribution in [2.24, 2.45) is 0 Å². The van der Waals surface area contributed by atoms with Crippen molar-refractivity contribution in [3.8, 4) is 0 Å². The van der Waals surface area contributed by atoms with Crippen molar-refractivity contribution in [1.29, 1.82) is 0 Å². The third kappa shape index (κ3) is 3.79.